The number of thiophene rings is 1. The highest BCUT2D eigenvalue weighted by Crippen LogP contribution is 2.37. The predicted octanol–water partition coefficient (Wildman–Crippen LogP) is 4.63. The van der Waals surface area contributed by atoms with Crippen LogP contribution in [0, 0.1) is 0 Å². The molecule has 2 aromatic carbocycles. The van der Waals surface area contributed by atoms with Crippen molar-refractivity contribution in [1.82, 2.24) is 14.9 Å². The first-order valence-corrected chi connectivity index (χ1v) is 12.7. The van der Waals surface area contributed by atoms with Crippen LogP contribution in [-0.2, 0) is 16.1 Å². The summed E-state index contributed by atoms with van der Waals surface area (Å²) in [5, 5.41) is 20.6. The van der Waals surface area contributed by atoms with Crippen LogP contribution in [-0.4, -0.2) is 44.2 Å². The quantitative estimate of drug-likeness (QED) is 0.205. The first kappa shape index (κ1) is 28.6. The Balaban J connectivity index is 0.000000934. The summed E-state index contributed by atoms with van der Waals surface area (Å²) in [4.78, 5) is 36.6. The Morgan fingerprint density at radius 3 is 2.55 bits per heavy atom. The van der Waals surface area contributed by atoms with E-state index in [1.54, 1.807) is 18.5 Å². The van der Waals surface area contributed by atoms with Gasteiger partial charge in [0.2, 0.25) is 0 Å². The molecule has 0 fully saturated rings. The number of halogens is 1. The summed E-state index contributed by atoms with van der Waals surface area (Å²) >= 11 is 7.52. The van der Waals surface area contributed by atoms with Crippen LogP contribution >= 0.6 is 22.9 Å². The van der Waals surface area contributed by atoms with Gasteiger partial charge in [-0.25, -0.2) is 4.98 Å². The van der Waals surface area contributed by atoms with E-state index in [0.717, 1.165) is 34.1 Å². The molecule has 0 saturated heterocycles. The summed E-state index contributed by atoms with van der Waals surface area (Å²) in [6.07, 6.45) is 1.35. The Morgan fingerprint density at radius 2 is 1.89 bits per heavy atom. The minimum atomic E-state index is -0.842. The summed E-state index contributed by atoms with van der Waals surface area (Å²) in [5.41, 5.74) is 9.06. The fourth-order valence-electron chi connectivity index (χ4n) is 3.57. The molecular formula is C26H27ClN4O6S. The Morgan fingerprint density at radius 1 is 1.18 bits per heavy atom. The number of hydrogen-bond donors (Lipinski definition) is 4. The molecule has 0 aliphatic carbocycles. The van der Waals surface area contributed by atoms with E-state index >= 15 is 0 Å². The highest BCUT2D eigenvalue weighted by molar-refractivity contribution is 7.16. The number of carboxylic acid groups (broad SMARTS) is 2. The number of carbonyl (C=O) groups excluding carboxylic acids is 1. The number of nitrogens with two attached hydrogens (primary N) is 1. The van der Waals surface area contributed by atoms with E-state index in [9.17, 15) is 9.59 Å². The normalized spacial score (nSPS) is 11.4. The van der Waals surface area contributed by atoms with Crippen LogP contribution in [0.15, 0.2) is 54.9 Å². The van der Waals surface area contributed by atoms with Crippen LogP contribution in [0.1, 0.15) is 47.2 Å². The summed E-state index contributed by atoms with van der Waals surface area (Å²) < 4.78 is 7.98. The molecule has 0 bridgehead atoms. The van der Waals surface area contributed by atoms with Crippen molar-refractivity contribution in [3.63, 3.8) is 0 Å². The number of nitrogens with one attached hydrogen (secondary N) is 1. The molecule has 0 spiro atoms. The van der Waals surface area contributed by atoms with E-state index in [4.69, 9.17) is 37.1 Å². The van der Waals surface area contributed by atoms with Gasteiger partial charge in [0.1, 0.15) is 28.1 Å². The van der Waals surface area contributed by atoms with Gasteiger partial charge in [-0.3, -0.25) is 19.0 Å². The lowest BCUT2D eigenvalue weighted by atomic mass is 10.1. The number of nitrogens with zero attached hydrogens (tertiary/aromatic N) is 2. The molecule has 1 amide bonds. The van der Waals surface area contributed by atoms with E-state index in [0.29, 0.717) is 28.7 Å². The topological polar surface area (TPSA) is 157 Å². The van der Waals surface area contributed by atoms with Gasteiger partial charge in [-0.2, -0.15) is 0 Å². The van der Waals surface area contributed by atoms with Crippen LogP contribution in [0.3, 0.4) is 0 Å². The van der Waals surface area contributed by atoms with Crippen molar-refractivity contribution >= 4 is 51.8 Å². The molecule has 0 aliphatic rings. The minimum Gasteiger partial charge on any atom is -0.484 e. The van der Waals surface area contributed by atoms with E-state index < -0.39 is 23.9 Å². The van der Waals surface area contributed by atoms with Crippen molar-refractivity contribution in [2.75, 3.05) is 6.54 Å². The number of benzene rings is 2. The number of carbonyl (C=O) groups is 3. The van der Waals surface area contributed by atoms with Gasteiger partial charge >= 0.3 is 5.97 Å². The Bertz CT molecular complexity index is 1450. The maximum Gasteiger partial charge on any atom is 0.304 e. The maximum absolute atomic E-state index is 12.2. The molecule has 0 radical (unpaired) electrons. The van der Waals surface area contributed by atoms with Crippen molar-refractivity contribution in [2.24, 2.45) is 5.73 Å². The van der Waals surface area contributed by atoms with Gasteiger partial charge in [0.05, 0.1) is 17.5 Å². The number of primary amides is 1. The molecule has 0 unspecified atom stereocenters. The second-order valence-corrected chi connectivity index (χ2v) is 9.64. The molecule has 0 saturated carbocycles. The molecule has 0 aliphatic heterocycles. The van der Waals surface area contributed by atoms with Crippen LogP contribution in [0.5, 0.6) is 5.75 Å². The lowest BCUT2D eigenvalue weighted by Gasteiger charge is -2.16. The molecule has 4 rings (SSSR count). The van der Waals surface area contributed by atoms with Crippen LogP contribution in [0.2, 0.25) is 5.02 Å². The fourth-order valence-corrected chi connectivity index (χ4v) is 4.78. The molecule has 38 heavy (non-hydrogen) atoms. The largest absolute Gasteiger partial charge is 0.484 e. The standard InChI is InChI=1S/C24H23ClN4O4S.C2H4O2/c1-14(16-4-2-3-5-17(16)25)33-20-11-21(34-23(20)24(26)32)29-13-28-18-7-6-15(10-19(18)29)12-27-9-8-22(30)31;1-2(3)4/h2-7,10-11,13-14,27H,8-9,12H2,1H3,(H2,26,32)(H,30,31);1H3,(H,3,4)/t14-;/m1./s1. The Kier molecular flexibility index (Phi) is 9.83. The summed E-state index contributed by atoms with van der Waals surface area (Å²) in [6.45, 7) is 3.85. The van der Waals surface area contributed by atoms with Crippen molar-refractivity contribution in [3.8, 4) is 10.8 Å². The van der Waals surface area contributed by atoms with Crippen LogP contribution in [0.4, 0.5) is 0 Å². The average molecular weight is 559 g/mol. The summed E-state index contributed by atoms with van der Waals surface area (Å²) in [7, 11) is 0. The SMILES string of the molecule is CC(=O)O.C[C@@H](Oc1cc(-n2cnc3ccc(CNCCC(=O)O)cc32)sc1C(N)=O)c1ccccc1Cl. The first-order valence-electron chi connectivity index (χ1n) is 11.5. The highest BCUT2D eigenvalue weighted by atomic mass is 35.5. The third-order valence-electron chi connectivity index (χ3n) is 5.25. The van der Waals surface area contributed by atoms with E-state index in [2.05, 4.69) is 10.3 Å². The smallest absolute Gasteiger partial charge is 0.304 e. The van der Waals surface area contributed by atoms with E-state index in [1.807, 2.05) is 47.9 Å². The number of carboxylic acids is 2. The summed E-state index contributed by atoms with van der Waals surface area (Å²) in [5.74, 6) is -1.87. The number of imidazole rings is 1. The van der Waals surface area contributed by atoms with Gasteiger partial charge in [-0.1, -0.05) is 35.9 Å². The zero-order valence-corrected chi connectivity index (χ0v) is 22.3. The lowest BCUT2D eigenvalue weighted by molar-refractivity contribution is -0.137. The van der Waals surface area contributed by atoms with Crippen molar-refractivity contribution in [1.29, 1.82) is 0 Å². The van der Waals surface area contributed by atoms with Crippen LogP contribution < -0.4 is 15.8 Å². The van der Waals surface area contributed by atoms with Gasteiger partial charge in [-0.05, 0) is 30.7 Å². The fraction of sp³-hybridized carbons (Fsp3) is 0.231. The molecule has 12 heteroatoms. The molecule has 2 heterocycles. The second kappa shape index (κ2) is 13.0. The van der Waals surface area contributed by atoms with Crippen molar-refractivity contribution in [2.45, 2.75) is 32.9 Å². The van der Waals surface area contributed by atoms with Gasteiger partial charge in [-0.15, -0.1) is 11.3 Å². The van der Waals surface area contributed by atoms with E-state index in [-0.39, 0.29) is 6.42 Å². The Labute approximate surface area is 227 Å². The molecule has 10 nitrogen and oxygen atoms in total. The van der Waals surface area contributed by atoms with Gasteiger partial charge < -0.3 is 26.0 Å². The number of aliphatic carboxylic acids is 2. The number of amides is 1. The predicted molar refractivity (Wildman–Crippen MR) is 145 cm³/mol. The number of rotatable bonds is 10. The molecular weight excluding hydrogens is 532 g/mol. The number of ether oxygens (including phenoxy) is 1. The zero-order valence-electron chi connectivity index (χ0n) is 20.7. The molecule has 5 N–H and O–H groups in total. The number of fused-ring (bicyclic) bond motifs is 1. The third kappa shape index (κ3) is 7.54. The summed E-state index contributed by atoms with van der Waals surface area (Å²) in [6, 6.07) is 15.0. The molecule has 2 aromatic heterocycles. The van der Waals surface area contributed by atoms with Crippen molar-refractivity contribution in [3.05, 3.63) is 75.9 Å². The van der Waals surface area contributed by atoms with E-state index in [1.165, 1.54) is 11.3 Å². The highest BCUT2D eigenvalue weighted by Gasteiger charge is 2.21. The zero-order chi connectivity index (χ0) is 27.8. The maximum atomic E-state index is 12.2. The van der Waals surface area contributed by atoms with Crippen molar-refractivity contribution < 1.29 is 29.3 Å². The van der Waals surface area contributed by atoms with Gasteiger partial charge in [0.25, 0.3) is 11.9 Å². The number of aromatic nitrogens is 2. The molecule has 200 valence electrons. The third-order valence-corrected chi connectivity index (χ3v) is 6.72. The van der Waals surface area contributed by atoms with Gasteiger partial charge in [0.15, 0.2) is 0 Å². The minimum absolute atomic E-state index is 0.0562. The average Bonchev–Trinajstić information content (AvgIpc) is 3.45. The first-order chi connectivity index (χ1) is 18.1. The number of hydrogen-bond acceptors (Lipinski definition) is 7. The monoisotopic (exact) mass is 558 g/mol. The molecule has 1 atom stereocenters. The molecule has 4 aromatic rings. The lowest BCUT2D eigenvalue weighted by Crippen LogP contribution is -2.17. The Hall–Kier alpha value is -3.93. The second-order valence-electron chi connectivity index (χ2n) is 8.20. The van der Waals surface area contributed by atoms with Gasteiger partial charge in [0, 0.05) is 36.7 Å². The van der Waals surface area contributed by atoms with Crippen LogP contribution in [0.25, 0.3) is 16.0 Å².